The van der Waals surface area contributed by atoms with Gasteiger partial charge < -0.3 is 4.90 Å². The molecule has 2 aliphatic rings. The van der Waals surface area contributed by atoms with E-state index < -0.39 is 0 Å². The number of benzene rings is 8. The van der Waals surface area contributed by atoms with Crippen LogP contribution in [-0.4, -0.2) is 11.0 Å². The molecule has 1 aliphatic heterocycles. The summed E-state index contributed by atoms with van der Waals surface area (Å²) >= 11 is 3.65. The van der Waals surface area contributed by atoms with Crippen molar-refractivity contribution >= 4 is 98.1 Å². The third kappa shape index (κ3) is 4.40. The van der Waals surface area contributed by atoms with E-state index in [2.05, 4.69) is 175 Å². The second-order valence-corrected chi connectivity index (χ2v) is 16.4. The highest BCUT2D eigenvalue weighted by Gasteiger charge is 2.37. The van der Waals surface area contributed by atoms with Gasteiger partial charge in [0.05, 0.1) is 16.3 Å². The van der Waals surface area contributed by atoms with Crippen molar-refractivity contribution in [2.75, 3.05) is 4.90 Å². The normalized spacial score (nSPS) is 16.2. The van der Waals surface area contributed by atoms with E-state index in [4.69, 9.17) is 4.98 Å². The zero-order valence-corrected chi connectivity index (χ0v) is 30.2. The molecule has 1 aliphatic carbocycles. The Morgan fingerprint density at radius 2 is 1.21 bits per heavy atom. The number of thiazole rings is 1. The smallest absolute Gasteiger partial charge is 0.124 e. The number of hydrogen-bond donors (Lipinski definition) is 0. The van der Waals surface area contributed by atoms with Gasteiger partial charge >= 0.3 is 0 Å². The lowest BCUT2D eigenvalue weighted by atomic mass is 9.89. The number of thiophene rings is 1. The minimum absolute atomic E-state index is 0.244. The second kappa shape index (κ2) is 11.2. The number of nitrogens with zero attached hydrogens (tertiary/aromatic N) is 2. The van der Waals surface area contributed by atoms with Gasteiger partial charge in [-0.3, -0.25) is 0 Å². The fraction of sp³-hybridized carbons (Fsp3) is 0.0408. The molecule has 0 fully saturated rings. The van der Waals surface area contributed by atoms with Crippen molar-refractivity contribution in [2.24, 2.45) is 0 Å². The number of rotatable bonds is 3. The maximum absolute atomic E-state index is 5.38. The Bertz CT molecular complexity index is 3260. The highest BCUT2D eigenvalue weighted by atomic mass is 32.1. The Morgan fingerprint density at radius 3 is 2.09 bits per heavy atom. The molecule has 0 saturated heterocycles. The Balaban J connectivity index is 0.960. The van der Waals surface area contributed by atoms with Gasteiger partial charge in [0.2, 0.25) is 0 Å². The Morgan fingerprint density at radius 1 is 0.509 bits per heavy atom. The summed E-state index contributed by atoms with van der Waals surface area (Å²) in [5.74, 6) is 0.327. The van der Waals surface area contributed by atoms with Gasteiger partial charge in [-0.05, 0) is 109 Å². The molecule has 10 aromatic rings. The van der Waals surface area contributed by atoms with Gasteiger partial charge in [-0.25, -0.2) is 4.98 Å². The summed E-state index contributed by atoms with van der Waals surface area (Å²) in [6.45, 7) is 0. The van der Waals surface area contributed by atoms with Crippen molar-refractivity contribution in [1.82, 2.24) is 4.98 Å². The molecule has 12 rings (SSSR count). The van der Waals surface area contributed by atoms with Crippen molar-refractivity contribution < 1.29 is 0 Å². The number of anilines is 2. The highest BCUT2D eigenvalue weighted by molar-refractivity contribution is 7.26. The van der Waals surface area contributed by atoms with E-state index in [1.807, 2.05) is 11.3 Å². The summed E-state index contributed by atoms with van der Waals surface area (Å²) in [6, 6.07) is 58.4. The fourth-order valence-corrected chi connectivity index (χ4v) is 11.0. The zero-order chi connectivity index (χ0) is 34.6. The van der Waals surface area contributed by atoms with Crippen LogP contribution >= 0.6 is 22.7 Å². The van der Waals surface area contributed by atoms with Crippen LogP contribution in [0.3, 0.4) is 0 Å². The zero-order valence-electron chi connectivity index (χ0n) is 28.5. The van der Waals surface area contributed by atoms with Gasteiger partial charge in [-0.15, -0.1) is 22.7 Å². The SMILES string of the molecule is C1=c2ccccc2=CC2C1c1ccccc1N2c1ccc(-c2nc3c(ccc4sc5ccc(-c6cc7ccccc7c7ccccc67)cc5c43)s2)cc1. The van der Waals surface area contributed by atoms with Crippen LogP contribution < -0.4 is 15.3 Å². The van der Waals surface area contributed by atoms with Gasteiger partial charge in [-0.1, -0.05) is 109 Å². The summed E-state index contributed by atoms with van der Waals surface area (Å²) in [5, 5.41) is 11.4. The first-order chi connectivity index (χ1) is 26.2. The minimum Gasteiger partial charge on any atom is -0.333 e. The van der Waals surface area contributed by atoms with Gasteiger partial charge in [0.25, 0.3) is 0 Å². The molecule has 0 radical (unpaired) electrons. The summed E-state index contributed by atoms with van der Waals surface area (Å²) in [4.78, 5) is 7.90. The number of aromatic nitrogens is 1. The summed E-state index contributed by atoms with van der Waals surface area (Å²) in [6.07, 6.45) is 4.90. The molecule has 3 heterocycles. The first-order valence-corrected chi connectivity index (χ1v) is 19.8. The van der Waals surface area contributed by atoms with E-state index in [-0.39, 0.29) is 6.04 Å². The Hall–Kier alpha value is -6.07. The quantitative estimate of drug-likeness (QED) is 0.170. The largest absolute Gasteiger partial charge is 0.333 e. The maximum Gasteiger partial charge on any atom is 0.124 e. The summed E-state index contributed by atoms with van der Waals surface area (Å²) < 4.78 is 3.80. The first kappa shape index (κ1) is 29.5. The Kier molecular flexibility index (Phi) is 6.24. The van der Waals surface area contributed by atoms with Crippen LogP contribution in [0.2, 0.25) is 0 Å². The first-order valence-electron chi connectivity index (χ1n) is 18.2. The molecule has 4 heteroatoms. The van der Waals surface area contributed by atoms with Crippen molar-refractivity contribution in [3.8, 4) is 21.7 Å². The lowest BCUT2D eigenvalue weighted by molar-refractivity contribution is 0.802. The predicted octanol–water partition coefficient (Wildman–Crippen LogP) is 12.2. The third-order valence-corrected chi connectivity index (χ3v) is 13.6. The van der Waals surface area contributed by atoms with E-state index in [1.54, 1.807) is 11.3 Å². The molecule has 8 aromatic carbocycles. The number of fused-ring (bicyclic) bond motifs is 12. The molecule has 2 unspecified atom stereocenters. The van der Waals surface area contributed by atoms with E-state index in [0.717, 1.165) is 16.1 Å². The number of hydrogen-bond acceptors (Lipinski definition) is 4. The van der Waals surface area contributed by atoms with E-state index >= 15 is 0 Å². The molecular formula is C49H30N2S2. The van der Waals surface area contributed by atoms with Crippen LogP contribution in [0.15, 0.2) is 158 Å². The van der Waals surface area contributed by atoms with Crippen LogP contribution in [0.25, 0.3) is 85.8 Å². The molecule has 0 N–H and O–H groups in total. The molecule has 0 amide bonds. The predicted molar refractivity (Wildman–Crippen MR) is 228 cm³/mol. The molecule has 2 atom stereocenters. The van der Waals surface area contributed by atoms with Gasteiger partial charge in [0.1, 0.15) is 5.01 Å². The van der Waals surface area contributed by atoms with Crippen molar-refractivity contribution in [3.63, 3.8) is 0 Å². The van der Waals surface area contributed by atoms with E-state index in [9.17, 15) is 0 Å². The molecule has 53 heavy (non-hydrogen) atoms. The average Bonchev–Trinajstić information content (AvgIpc) is 3.91. The van der Waals surface area contributed by atoms with Gasteiger partial charge in [0.15, 0.2) is 0 Å². The topological polar surface area (TPSA) is 16.1 Å². The molecule has 2 nitrogen and oxygen atoms in total. The van der Waals surface area contributed by atoms with Crippen molar-refractivity contribution in [3.05, 3.63) is 174 Å². The molecule has 0 saturated carbocycles. The molecule has 0 bridgehead atoms. The second-order valence-electron chi connectivity index (χ2n) is 14.3. The molecular weight excluding hydrogens is 681 g/mol. The van der Waals surface area contributed by atoms with Crippen LogP contribution in [0, 0.1) is 0 Å². The lowest BCUT2D eigenvalue weighted by Crippen LogP contribution is -2.38. The minimum atomic E-state index is 0.244. The monoisotopic (exact) mass is 710 g/mol. The van der Waals surface area contributed by atoms with Crippen molar-refractivity contribution in [1.29, 1.82) is 0 Å². The fourth-order valence-electron chi connectivity index (χ4n) is 8.97. The van der Waals surface area contributed by atoms with Crippen LogP contribution in [0.4, 0.5) is 11.4 Å². The average molecular weight is 711 g/mol. The van der Waals surface area contributed by atoms with Crippen LogP contribution in [0.5, 0.6) is 0 Å². The van der Waals surface area contributed by atoms with E-state index in [1.165, 1.54) is 84.9 Å². The summed E-state index contributed by atoms with van der Waals surface area (Å²) in [7, 11) is 0. The summed E-state index contributed by atoms with van der Waals surface area (Å²) in [5.41, 5.74) is 8.65. The van der Waals surface area contributed by atoms with Crippen LogP contribution in [0.1, 0.15) is 11.5 Å². The molecule has 248 valence electrons. The standard InChI is InChI=1S/C49H30N2S2/c1-2-10-31-28-43-40(25-30(31)9-1)38-15-7-8-16-42(38)51(43)34-20-17-29(18-21-34)49-50-48-46(53-49)24-23-45-47(48)41-27-33(19-22-44(41)52-45)39-26-32-11-3-4-12-35(32)36-13-5-6-14-37(36)39/h1-28,40,43H. The van der Waals surface area contributed by atoms with Gasteiger partial charge in [0, 0.05) is 43.0 Å². The third-order valence-electron chi connectivity index (χ3n) is 11.4. The van der Waals surface area contributed by atoms with Gasteiger partial charge in [-0.2, -0.15) is 0 Å². The highest BCUT2D eigenvalue weighted by Crippen LogP contribution is 2.48. The van der Waals surface area contributed by atoms with E-state index in [0.29, 0.717) is 5.92 Å². The lowest BCUT2D eigenvalue weighted by Gasteiger charge is -2.29. The van der Waals surface area contributed by atoms with Crippen LogP contribution in [-0.2, 0) is 0 Å². The number of para-hydroxylation sites is 1. The molecule has 2 aromatic heterocycles. The maximum atomic E-state index is 5.38. The Labute approximate surface area is 313 Å². The van der Waals surface area contributed by atoms with Crippen molar-refractivity contribution in [2.45, 2.75) is 12.0 Å². The molecule has 0 spiro atoms.